The van der Waals surface area contributed by atoms with Gasteiger partial charge < -0.3 is 10.5 Å². The van der Waals surface area contributed by atoms with Crippen LogP contribution in [-0.4, -0.2) is 28.2 Å². The van der Waals surface area contributed by atoms with E-state index in [4.69, 9.17) is 10.5 Å². The van der Waals surface area contributed by atoms with Gasteiger partial charge in [-0.05, 0) is 25.0 Å². The molecule has 0 spiro atoms. The summed E-state index contributed by atoms with van der Waals surface area (Å²) in [4.78, 5) is -0.494. The largest absolute Gasteiger partial charge is 0.398 e. The lowest BCUT2D eigenvalue weighted by Crippen LogP contribution is -2.27. The number of unbranched alkanes of at least 4 members (excludes halogenated alkanes) is 1. The van der Waals surface area contributed by atoms with E-state index in [0.29, 0.717) is 19.6 Å². The van der Waals surface area contributed by atoms with Crippen LogP contribution in [-0.2, 0) is 14.8 Å². The summed E-state index contributed by atoms with van der Waals surface area (Å²) in [5.74, 6) is -0.850. The molecule has 0 atom stereocenters. The summed E-state index contributed by atoms with van der Waals surface area (Å²) >= 11 is 0. The van der Waals surface area contributed by atoms with Gasteiger partial charge in [-0.2, -0.15) is 0 Å². The Hall–Kier alpha value is -1.18. The van der Waals surface area contributed by atoms with Gasteiger partial charge in [0.2, 0.25) is 10.0 Å². The number of benzene rings is 1. The van der Waals surface area contributed by atoms with Gasteiger partial charge in [0, 0.05) is 19.8 Å². The average Bonchev–Trinajstić information content (AvgIpc) is 2.37. The second-order valence-electron chi connectivity index (χ2n) is 4.38. The minimum Gasteiger partial charge on any atom is -0.398 e. The summed E-state index contributed by atoms with van der Waals surface area (Å²) in [6.45, 7) is 3.39. The molecule has 0 aromatic heterocycles. The zero-order chi connectivity index (χ0) is 15.0. The number of rotatable bonds is 9. The highest BCUT2D eigenvalue weighted by Gasteiger charge is 2.21. The third-order valence-electron chi connectivity index (χ3n) is 2.67. The third kappa shape index (κ3) is 5.07. The summed E-state index contributed by atoms with van der Waals surface area (Å²) < 4.78 is 45.0. The van der Waals surface area contributed by atoms with Crippen molar-refractivity contribution in [1.29, 1.82) is 0 Å². The quantitative estimate of drug-likeness (QED) is 0.539. The van der Waals surface area contributed by atoms with Crippen LogP contribution in [0.2, 0.25) is 0 Å². The molecule has 0 saturated heterocycles. The van der Waals surface area contributed by atoms with Gasteiger partial charge in [0.25, 0.3) is 0 Å². The number of hydrogen-bond acceptors (Lipinski definition) is 4. The number of nitrogens with one attached hydrogen (secondary N) is 1. The molecule has 1 aromatic rings. The molecule has 0 aliphatic carbocycles. The number of sulfonamides is 1. The lowest BCUT2D eigenvalue weighted by Gasteiger charge is -2.10. The van der Waals surface area contributed by atoms with E-state index in [0.717, 1.165) is 18.9 Å². The molecule has 0 heterocycles. The summed E-state index contributed by atoms with van der Waals surface area (Å²) in [6, 6.07) is 3.79. The summed E-state index contributed by atoms with van der Waals surface area (Å²) in [5.41, 5.74) is 5.41. The number of anilines is 1. The highest BCUT2D eigenvalue weighted by atomic mass is 32.2. The Morgan fingerprint density at radius 3 is 2.65 bits per heavy atom. The van der Waals surface area contributed by atoms with Crippen molar-refractivity contribution in [2.24, 2.45) is 0 Å². The van der Waals surface area contributed by atoms with Gasteiger partial charge in [0.05, 0.1) is 5.69 Å². The number of halogens is 1. The lowest BCUT2D eigenvalue weighted by molar-refractivity contribution is 0.130. The average molecular weight is 304 g/mol. The van der Waals surface area contributed by atoms with E-state index in [1.54, 1.807) is 0 Å². The molecular weight excluding hydrogens is 283 g/mol. The van der Waals surface area contributed by atoms with Crippen molar-refractivity contribution in [1.82, 2.24) is 4.72 Å². The first-order valence-electron chi connectivity index (χ1n) is 6.60. The summed E-state index contributed by atoms with van der Waals surface area (Å²) in [7, 11) is -3.92. The van der Waals surface area contributed by atoms with E-state index in [1.807, 2.05) is 0 Å². The molecule has 1 aromatic carbocycles. The van der Waals surface area contributed by atoms with Crippen molar-refractivity contribution in [2.45, 2.75) is 31.1 Å². The first-order chi connectivity index (χ1) is 9.49. The predicted octanol–water partition coefficient (Wildman–Crippen LogP) is 1.89. The van der Waals surface area contributed by atoms with Gasteiger partial charge >= 0.3 is 0 Å². The zero-order valence-electron chi connectivity index (χ0n) is 11.6. The van der Waals surface area contributed by atoms with E-state index in [2.05, 4.69) is 11.6 Å². The Bertz CT molecular complexity index is 500. The lowest BCUT2D eigenvalue weighted by atomic mass is 10.3. The Kier molecular flexibility index (Phi) is 6.90. The summed E-state index contributed by atoms with van der Waals surface area (Å²) in [5, 5.41) is 0. The number of ether oxygens (including phenoxy) is 1. The fraction of sp³-hybridized carbons (Fsp3) is 0.538. The van der Waals surface area contributed by atoms with Crippen molar-refractivity contribution in [3.05, 3.63) is 24.0 Å². The standard InChI is InChI=1S/C13H21FN2O3S/c1-2-3-9-19-10-5-8-16-20(17,18)13-11(14)6-4-7-12(13)15/h4,6-7,16H,2-3,5,8-10,15H2,1H3. The molecule has 3 N–H and O–H groups in total. The van der Waals surface area contributed by atoms with E-state index in [-0.39, 0.29) is 12.2 Å². The Labute approximate surface area is 119 Å². The fourth-order valence-electron chi connectivity index (χ4n) is 1.61. The van der Waals surface area contributed by atoms with Crippen LogP contribution in [0.3, 0.4) is 0 Å². The summed E-state index contributed by atoms with van der Waals surface area (Å²) in [6.07, 6.45) is 2.56. The zero-order valence-corrected chi connectivity index (χ0v) is 12.4. The SMILES string of the molecule is CCCCOCCCNS(=O)(=O)c1c(N)cccc1F. The fourth-order valence-corrected chi connectivity index (χ4v) is 2.87. The van der Waals surface area contributed by atoms with Crippen molar-refractivity contribution in [3.63, 3.8) is 0 Å². The molecule has 114 valence electrons. The van der Waals surface area contributed by atoms with Crippen molar-refractivity contribution < 1.29 is 17.5 Å². The highest BCUT2D eigenvalue weighted by Crippen LogP contribution is 2.21. The molecule has 20 heavy (non-hydrogen) atoms. The predicted molar refractivity (Wildman–Crippen MR) is 76.3 cm³/mol. The van der Waals surface area contributed by atoms with Crippen LogP contribution in [0.5, 0.6) is 0 Å². The van der Waals surface area contributed by atoms with E-state index < -0.39 is 20.7 Å². The van der Waals surface area contributed by atoms with Crippen LogP contribution in [0.25, 0.3) is 0 Å². The van der Waals surface area contributed by atoms with Gasteiger partial charge in [-0.25, -0.2) is 17.5 Å². The van der Waals surface area contributed by atoms with Gasteiger partial charge in [-0.15, -0.1) is 0 Å². The Morgan fingerprint density at radius 1 is 1.30 bits per heavy atom. The van der Waals surface area contributed by atoms with Crippen molar-refractivity contribution in [3.8, 4) is 0 Å². The minimum atomic E-state index is -3.92. The van der Waals surface area contributed by atoms with Crippen LogP contribution in [0.15, 0.2) is 23.1 Å². The maximum Gasteiger partial charge on any atom is 0.245 e. The Balaban J connectivity index is 2.46. The minimum absolute atomic E-state index is 0.100. The third-order valence-corrected chi connectivity index (χ3v) is 4.22. The monoisotopic (exact) mass is 304 g/mol. The van der Waals surface area contributed by atoms with Gasteiger partial charge in [-0.3, -0.25) is 0 Å². The smallest absolute Gasteiger partial charge is 0.245 e. The van der Waals surface area contributed by atoms with Gasteiger partial charge in [-0.1, -0.05) is 19.4 Å². The van der Waals surface area contributed by atoms with Crippen molar-refractivity contribution in [2.75, 3.05) is 25.5 Å². The second-order valence-corrected chi connectivity index (χ2v) is 6.08. The maximum atomic E-state index is 13.5. The normalized spacial score (nSPS) is 11.7. The molecule has 0 aliphatic heterocycles. The molecular formula is C13H21FN2O3S. The number of nitrogens with two attached hydrogens (primary N) is 1. The topological polar surface area (TPSA) is 81.4 Å². The Morgan fingerprint density at radius 2 is 2.00 bits per heavy atom. The van der Waals surface area contributed by atoms with Gasteiger partial charge in [0.15, 0.2) is 0 Å². The van der Waals surface area contributed by atoms with Gasteiger partial charge in [0.1, 0.15) is 10.7 Å². The van der Waals surface area contributed by atoms with Crippen LogP contribution in [0.1, 0.15) is 26.2 Å². The van der Waals surface area contributed by atoms with Crippen LogP contribution in [0.4, 0.5) is 10.1 Å². The van der Waals surface area contributed by atoms with Crippen molar-refractivity contribution >= 4 is 15.7 Å². The molecule has 7 heteroatoms. The molecule has 0 aliphatic rings. The molecule has 0 radical (unpaired) electrons. The highest BCUT2D eigenvalue weighted by molar-refractivity contribution is 7.89. The van der Waals surface area contributed by atoms with E-state index in [1.165, 1.54) is 12.1 Å². The second kappa shape index (κ2) is 8.18. The molecule has 0 bridgehead atoms. The first kappa shape index (κ1) is 16.9. The van der Waals surface area contributed by atoms with Crippen LogP contribution >= 0.6 is 0 Å². The molecule has 0 saturated carbocycles. The number of hydrogen-bond donors (Lipinski definition) is 2. The van der Waals surface area contributed by atoms with Crippen LogP contribution < -0.4 is 10.5 Å². The van der Waals surface area contributed by atoms with Crippen LogP contribution in [0, 0.1) is 5.82 Å². The first-order valence-corrected chi connectivity index (χ1v) is 8.08. The molecule has 1 rings (SSSR count). The molecule has 5 nitrogen and oxygen atoms in total. The molecule has 0 unspecified atom stereocenters. The van der Waals surface area contributed by atoms with E-state index >= 15 is 0 Å². The van der Waals surface area contributed by atoms with E-state index in [9.17, 15) is 12.8 Å². The molecule has 0 amide bonds. The maximum absolute atomic E-state index is 13.5. The number of nitrogen functional groups attached to an aromatic ring is 1. The molecule has 0 fully saturated rings.